The lowest BCUT2D eigenvalue weighted by Crippen LogP contribution is -2.17. The van der Waals surface area contributed by atoms with Crippen LogP contribution >= 0.6 is 0 Å². The summed E-state index contributed by atoms with van der Waals surface area (Å²) >= 11 is 0. The molecule has 3 aromatic carbocycles. The maximum Gasteiger partial charge on any atom is 0.0468 e. The highest BCUT2D eigenvalue weighted by Gasteiger charge is 2.41. The lowest BCUT2D eigenvalue weighted by atomic mass is 9.79. The van der Waals surface area contributed by atoms with Gasteiger partial charge in [-0.05, 0) is 52.9 Å². The summed E-state index contributed by atoms with van der Waals surface area (Å²) in [4.78, 5) is 3.67. The molecule has 0 spiro atoms. The van der Waals surface area contributed by atoms with Gasteiger partial charge in [-0.1, -0.05) is 74.0 Å². The molecule has 1 N–H and O–H groups in total. The number of rotatable bonds is 1. The lowest BCUT2D eigenvalue weighted by Gasteiger charge is -2.25. The van der Waals surface area contributed by atoms with Crippen molar-refractivity contribution in [1.82, 2.24) is 4.98 Å². The van der Waals surface area contributed by atoms with E-state index < -0.39 is 0 Å². The first-order chi connectivity index (χ1) is 13.6. The summed E-state index contributed by atoms with van der Waals surface area (Å²) in [6.07, 6.45) is 8.00. The molecule has 2 aliphatic carbocycles. The van der Waals surface area contributed by atoms with Crippen molar-refractivity contribution in [3.63, 3.8) is 0 Å². The summed E-state index contributed by atoms with van der Waals surface area (Å²) in [5, 5.41) is 2.67. The predicted molar refractivity (Wildman–Crippen MR) is 119 cm³/mol. The molecule has 0 saturated carbocycles. The Hall–Kier alpha value is -3.06. The Kier molecular flexibility index (Phi) is 3.12. The highest BCUT2D eigenvalue weighted by molar-refractivity contribution is 6.09. The molecule has 6 rings (SSSR count). The fraction of sp³-hybridized carbons (Fsp3) is 0.185. The quantitative estimate of drug-likeness (QED) is 0.367. The van der Waals surface area contributed by atoms with Gasteiger partial charge in [0.25, 0.3) is 0 Å². The molecular formula is C27H23N. The van der Waals surface area contributed by atoms with Crippen LogP contribution in [0.1, 0.15) is 37.3 Å². The van der Waals surface area contributed by atoms with Crippen molar-refractivity contribution in [3.05, 3.63) is 95.6 Å². The third kappa shape index (κ3) is 2.08. The van der Waals surface area contributed by atoms with E-state index in [-0.39, 0.29) is 5.41 Å². The Morgan fingerprint density at radius 2 is 1.68 bits per heavy atom. The molecule has 1 unspecified atom stereocenters. The molecule has 2 aliphatic rings. The summed E-state index contributed by atoms with van der Waals surface area (Å²) < 4.78 is 0. The van der Waals surface area contributed by atoms with Gasteiger partial charge in [-0.15, -0.1) is 0 Å². The zero-order valence-electron chi connectivity index (χ0n) is 16.3. The van der Waals surface area contributed by atoms with E-state index in [4.69, 9.17) is 0 Å². The number of allylic oxidation sites excluding steroid dienone is 4. The van der Waals surface area contributed by atoms with Crippen LogP contribution in [0.4, 0.5) is 0 Å². The van der Waals surface area contributed by atoms with Crippen LogP contribution in [0.2, 0.25) is 0 Å². The van der Waals surface area contributed by atoms with Crippen molar-refractivity contribution < 1.29 is 0 Å². The van der Waals surface area contributed by atoms with Crippen LogP contribution in [-0.4, -0.2) is 4.98 Å². The second kappa shape index (κ2) is 5.48. The van der Waals surface area contributed by atoms with Crippen molar-refractivity contribution in [2.24, 2.45) is 0 Å². The zero-order valence-corrected chi connectivity index (χ0v) is 16.3. The van der Waals surface area contributed by atoms with Crippen molar-refractivity contribution >= 4 is 21.8 Å². The second-order valence-corrected chi connectivity index (χ2v) is 8.70. The van der Waals surface area contributed by atoms with Gasteiger partial charge in [0.15, 0.2) is 0 Å². The molecular weight excluding hydrogens is 338 g/mol. The van der Waals surface area contributed by atoms with Crippen LogP contribution in [-0.2, 0) is 5.41 Å². The van der Waals surface area contributed by atoms with Crippen molar-refractivity contribution in [2.45, 2.75) is 31.6 Å². The molecule has 0 amide bonds. The Morgan fingerprint density at radius 3 is 2.54 bits per heavy atom. The molecule has 28 heavy (non-hydrogen) atoms. The van der Waals surface area contributed by atoms with E-state index >= 15 is 0 Å². The Bertz CT molecular complexity index is 1300. The second-order valence-electron chi connectivity index (χ2n) is 8.70. The van der Waals surface area contributed by atoms with Crippen LogP contribution in [0.15, 0.2) is 84.5 Å². The Morgan fingerprint density at radius 1 is 0.857 bits per heavy atom. The van der Waals surface area contributed by atoms with Crippen molar-refractivity contribution in [1.29, 1.82) is 0 Å². The van der Waals surface area contributed by atoms with Gasteiger partial charge in [0, 0.05) is 33.1 Å². The smallest absolute Gasteiger partial charge is 0.0468 e. The number of hydrogen-bond donors (Lipinski definition) is 1. The Labute approximate surface area is 165 Å². The topological polar surface area (TPSA) is 15.8 Å². The molecule has 0 radical (unpaired) electrons. The molecule has 0 fully saturated rings. The number of fused-ring (bicyclic) bond motifs is 6. The third-order valence-electron chi connectivity index (χ3n) is 6.81. The number of aromatic amines is 1. The third-order valence-corrected chi connectivity index (χ3v) is 6.81. The number of nitrogens with one attached hydrogen (secondary N) is 1. The fourth-order valence-electron chi connectivity index (χ4n) is 5.33. The van der Waals surface area contributed by atoms with Crippen LogP contribution in [0.5, 0.6) is 0 Å². The van der Waals surface area contributed by atoms with E-state index in [1.54, 1.807) is 5.57 Å². The molecule has 0 saturated heterocycles. The van der Waals surface area contributed by atoms with Gasteiger partial charge in [-0.25, -0.2) is 0 Å². The molecule has 4 aromatic rings. The zero-order chi connectivity index (χ0) is 18.9. The highest BCUT2D eigenvalue weighted by atomic mass is 14.7. The molecule has 136 valence electrons. The van der Waals surface area contributed by atoms with Crippen LogP contribution in [0, 0.1) is 0 Å². The van der Waals surface area contributed by atoms with Gasteiger partial charge >= 0.3 is 0 Å². The molecule has 1 heterocycles. The van der Waals surface area contributed by atoms with Gasteiger partial charge in [0.1, 0.15) is 0 Å². The van der Waals surface area contributed by atoms with Crippen LogP contribution in [0.3, 0.4) is 0 Å². The Balaban J connectivity index is 1.61. The van der Waals surface area contributed by atoms with E-state index in [9.17, 15) is 0 Å². The summed E-state index contributed by atoms with van der Waals surface area (Å²) in [7, 11) is 0. The first-order valence-corrected chi connectivity index (χ1v) is 10.2. The normalized spacial score (nSPS) is 19.6. The number of benzene rings is 3. The number of aromatic nitrogens is 1. The molecule has 0 aliphatic heterocycles. The maximum absolute atomic E-state index is 3.67. The first kappa shape index (κ1) is 15.9. The standard InChI is InChI=1S/C27H23N/c1-27(2)23-11-7-6-10-19(23)20-15-22-21-14-18(17-8-4-3-5-9-17)12-13-25(21)28-26(22)16-24(20)27/h3-9,11-16,19,28H,10H2,1-2H3. The van der Waals surface area contributed by atoms with Crippen LogP contribution < -0.4 is 0 Å². The summed E-state index contributed by atoms with van der Waals surface area (Å²) in [5.41, 5.74) is 9.67. The SMILES string of the molecule is CC1(C)C2=CC=CCC2c2cc3c(cc21)[nH]c1ccc(-c2ccccc2)cc13. The minimum Gasteiger partial charge on any atom is -0.355 e. The molecule has 0 bridgehead atoms. The average Bonchev–Trinajstić information content (AvgIpc) is 3.20. The van der Waals surface area contributed by atoms with Gasteiger partial charge < -0.3 is 4.98 Å². The molecule has 1 nitrogen and oxygen atoms in total. The van der Waals surface area contributed by atoms with Gasteiger partial charge in [0.2, 0.25) is 0 Å². The minimum atomic E-state index is 0.103. The monoisotopic (exact) mass is 361 g/mol. The largest absolute Gasteiger partial charge is 0.355 e. The van der Waals surface area contributed by atoms with E-state index in [1.165, 1.54) is 44.1 Å². The summed E-state index contributed by atoms with van der Waals surface area (Å²) in [6, 6.07) is 22.3. The molecule has 1 atom stereocenters. The number of hydrogen-bond acceptors (Lipinski definition) is 0. The average molecular weight is 361 g/mol. The van der Waals surface area contributed by atoms with E-state index in [2.05, 4.69) is 97.7 Å². The van der Waals surface area contributed by atoms with Gasteiger partial charge in [0.05, 0.1) is 0 Å². The summed E-state index contributed by atoms with van der Waals surface area (Å²) in [5.74, 6) is 0.529. The van der Waals surface area contributed by atoms with E-state index in [0.29, 0.717) is 5.92 Å². The minimum absolute atomic E-state index is 0.103. The molecule has 1 heteroatoms. The highest BCUT2D eigenvalue weighted by Crippen LogP contribution is 2.54. The van der Waals surface area contributed by atoms with E-state index in [0.717, 1.165) is 6.42 Å². The van der Waals surface area contributed by atoms with Crippen molar-refractivity contribution in [2.75, 3.05) is 0 Å². The maximum atomic E-state index is 3.67. The van der Waals surface area contributed by atoms with E-state index in [1.807, 2.05) is 0 Å². The molecule has 1 aromatic heterocycles. The predicted octanol–water partition coefficient (Wildman–Crippen LogP) is 7.25. The van der Waals surface area contributed by atoms with Crippen LogP contribution in [0.25, 0.3) is 32.9 Å². The number of H-pyrrole nitrogens is 1. The summed E-state index contributed by atoms with van der Waals surface area (Å²) in [6.45, 7) is 4.75. The van der Waals surface area contributed by atoms with Gasteiger partial charge in [-0.3, -0.25) is 0 Å². The lowest BCUT2D eigenvalue weighted by molar-refractivity contribution is 0.613. The first-order valence-electron chi connectivity index (χ1n) is 10.2. The van der Waals surface area contributed by atoms with Crippen molar-refractivity contribution in [3.8, 4) is 11.1 Å². The van der Waals surface area contributed by atoms with Gasteiger partial charge in [-0.2, -0.15) is 0 Å². The fourth-order valence-corrected chi connectivity index (χ4v) is 5.33.